The third-order valence-corrected chi connectivity index (χ3v) is 6.77. The molecule has 1 aromatic heterocycles. The second-order valence-corrected chi connectivity index (χ2v) is 9.87. The van der Waals surface area contributed by atoms with Crippen LogP contribution in [0.15, 0.2) is 71.9 Å². The number of hydrazine groups is 1. The Bertz CT molecular complexity index is 1260. The van der Waals surface area contributed by atoms with E-state index in [2.05, 4.69) is 30.9 Å². The van der Waals surface area contributed by atoms with Crippen molar-refractivity contribution in [1.29, 1.82) is 0 Å². The minimum atomic E-state index is -3.84. The van der Waals surface area contributed by atoms with Gasteiger partial charge < -0.3 is 10.1 Å². The van der Waals surface area contributed by atoms with Crippen molar-refractivity contribution < 1.29 is 17.9 Å². The maximum Gasteiger partial charge on any atom is 0.269 e. The van der Waals surface area contributed by atoms with Crippen LogP contribution in [0.2, 0.25) is 0 Å². The van der Waals surface area contributed by atoms with Gasteiger partial charge in [0, 0.05) is 23.6 Å². The third kappa shape index (κ3) is 6.87. The van der Waals surface area contributed by atoms with Gasteiger partial charge in [-0.1, -0.05) is 0 Å². The summed E-state index contributed by atoms with van der Waals surface area (Å²) in [5, 5.41) is 3.00. The minimum Gasteiger partial charge on any atom is -0.490 e. The number of carbonyl (C=O) groups excluding carboxylic acids is 1. The molecule has 1 heterocycles. The van der Waals surface area contributed by atoms with Crippen molar-refractivity contribution in [2.45, 2.75) is 36.7 Å². The van der Waals surface area contributed by atoms with Gasteiger partial charge in [-0.2, -0.15) is 0 Å². The summed E-state index contributed by atoms with van der Waals surface area (Å²) >= 11 is 5.19. The van der Waals surface area contributed by atoms with Gasteiger partial charge in [0.15, 0.2) is 5.11 Å². The summed E-state index contributed by atoms with van der Waals surface area (Å²) in [5.74, 6) is 0.361. The van der Waals surface area contributed by atoms with Crippen molar-refractivity contribution in [3.63, 3.8) is 0 Å². The summed E-state index contributed by atoms with van der Waals surface area (Å²) in [6.07, 6.45) is 7.63. The van der Waals surface area contributed by atoms with Crippen LogP contribution in [0.4, 0.5) is 11.6 Å². The number of carbonyl (C=O) groups is 1. The molecule has 1 amide bonds. The molecule has 2 aromatic carbocycles. The average molecular weight is 513 g/mol. The molecule has 0 unspecified atom stereocenters. The number of sulfonamides is 1. The van der Waals surface area contributed by atoms with Gasteiger partial charge in [0.1, 0.15) is 5.75 Å². The summed E-state index contributed by atoms with van der Waals surface area (Å²) in [6.45, 7) is 0. The Kier molecular flexibility index (Phi) is 7.73. The molecular formula is C23H24N6O4S2. The quantitative estimate of drug-likeness (QED) is 0.278. The van der Waals surface area contributed by atoms with E-state index in [9.17, 15) is 13.2 Å². The van der Waals surface area contributed by atoms with E-state index in [1.807, 2.05) is 0 Å². The van der Waals surface area contributed by atoms with Gasteiger partial charge in [0.05, 0.1) is 11.0 Å². The molecule has 4 rings (SSSR count). The standard InChI is InChI=1S/C23H24N6O4S2/c30-21(16-6-10-19(11-7-16)33-18-4-1-2-5-18)27-28-23(34)26-17-8-12-20(13-9-17)35(31,32)29-22-24-14-3-15-25-22/h3,6-15,18H,1-2,4-5H2,(H,27,30)(H,24,25,29)(H2,26,28,34). The van der Waals surface area contributed by atoms with Crippen LogP contribution < -0.4 is 25.6 Å². The maximum absolute atomic E-state index is 12.4. The Balaban J connectivity index is 1.25. The van der Waals surface area contributed by atoms with Crippen molar-refractivity contribution in [3.05, 3.63) is 72.6 Å². The van der Waals surface area contributed by atoms with E-state index in [0.717, 1.165) is 18.6 Å². The topological polar surface area (TPSA) is 134 Å². The van der Waals surface area contributed by atoms with Gasteiger partial charge in [0.2, 0.25) is 5.95 Å². The SMILES string of the molecule is O=C(NNC(=S)Nc1ccc(S(=O)(=O)Nc2ncccn2)cc1)c1ccc(OC2CCCC2)cc1. The van der Waals surface area contributed by atoms with Crippen molar-refractivity contribution in [2.24, 2.45) is 0 Å². The Labute approximate surface area is 208 Å². The van der Waals surface area contributed by atoms with Gasteiger partial charge in [-0.3, -0.25) is 15.6 Å². The van der Waals surface area contributed by atoms with Crippen molar-refractivity contribution >= 4 is 44.9 Å². The molecule has 1 aliphatic carbocycles. The first-order valence-electron chi connectivity index (χ1n) is 10.9. The van der Waals surface area contributed by atoms with Crippen LogP contribution in [0.1, 0.15) is 36.0 Å². The molecule has 0 aliphatic heterocycles. The highest BCUT2D eigenvalue weighted by Crippen LogP contribution is 2.24. The lowest BCUT2D eigenvalue weighted by Gasteiger charge is -2.14. The first-order chi connectivity index (χ1) is 16.9. The lowest BCUT2D eigenvalue weighted by molar-refractivity contribution is 0.0944. The Morgan fingerprint density at radius 1 is 0.943 bits per heavy atom. The van der Waals surface area contributed by atoms with Crippen LogP contribution in [0, 0.1) is 0 Å². The summed E-state index contributed by atoms with van der Waals surface area (Å²) in [7, 11) is -3.84. The van der Waals surface area contributed by atoms with Crippen molar-refractivity contribution in [3.8, 4) is 5.75 Å². The number of rotatable bonds is 7. The van der Waals surface area contributed by atoms with Crippen LogP contribution in [0.3, 0.4) is 0 Å². The highest BCUT2D eigenvalue weighted by Gasteiger charge is 2.17. The van der Waals surface area contributed by atoms with E-state index in [4.69, 9.17) is 17.0 Å². The lowest BCUT2D eigenvalue weighted by atomic mass is 10.2. The van der Waals surface area contributed by atoms with Crippen LogP contribution in [-0.2, 0) is 10.0 Å². The predicted octanol–water partition coefficient (Wildman–Crippen LogP) is 3.23. The second kappa shape index (κ2) is 11.1. The molecular weight excluding hydrogens is 488 g/mol. The van der Waals surface area contributed by atoms with Crippen LogP contribution >= 0.6 is 12.2 Å². The van der Waals surface area contributed by atoms with Crippen LogP contribution in [-0.4, -0.2) is 35.5 Å². The Morgan fingerprint density at radius 3 is 2.26 bits per heavy atom. The zero-order valence-electron chi connectivity index (χ0n) is 18.6. The number of anilines is 2. The fourth-order valence-corrected chi connectivity index (χ4v) is 4.61. The van der Waals surface area contributed by atoms with Gasteiger partial charge in [-0.05, 0) is 92.5 Å². The summed E-state index contributed by atoms with van der Waals surface area (Å²) in [4.78, 5) is 20.1. The molecule has 0 spiro atoms. The molecule has 1 aliphatic rings. The average Bonchev–Trinajstić information content (AvgIpc) is 3.37. The lowest BCUT2D eigenvalue weighted by Crippen LogP contribution is -2.43. The number of amides is 1. The third-order valence-electron chi connectivity index (χ3n) is 5.22. The molecule has 10 nitrogen and oxygen atoms in total. The number of aromatic nitrogens is 2. The summed E-state index contributed by atoms with van der Waals surface area (Å²) in [6, 6.07) is 14.4. The number of benzene rings is 2. The minimum absolute atomic E-state index is 0.0215. The molecule has 12 heteroatoms. The fourth-order valence-electron chi connectivity index (χ4n) is 3.48. The molecule has 0 atom stereocenters. The Hall–Kier alpha value is -3.77. The van der Waals surface area contributed by atoms with Crippen LogP contribution in [0.25, 0.3) is 0 Å². The molecule has 1 saturated carbocycles. The molecule has 182 valence electrons. The number of hydrogen-bond acceptors (Lipinski definition) is 7. The van der Waals surface area contributed by atoms with E-state index in [1.54, 1.807) is 42.5 Å². The number of nitrogens with one attached hydrogen (secondary N) is 4. The monoisotopic (exact) mass is 512 g/mol. The molecule has 0 radical (unpaired) electrons. The molecule has 3 aromatic rings. The first-order valence-corrected chi connectivity index (χ1v) is 12.8. The normalized spacial score (nSPS) is 13.6. The first kappa shape index (κ1) is 24.4. The van der Waals surface area contributed by atoms with Gasteiger partial charge in [-0.15, -0.1) is 0 Å². The van der Waals surface area contributed by atoms with E-state index in [-0.39, 0.29) is 28.0 Å². The summed E-state index contributed by atoms with van der Waals surface area (Å²) in [5.41, 5.74) is 6.12. The van der Waals surface area contributed by atoms with Gasteiger partial charge in [-0.25, -0.2) is 23.1 Å². The fraction of sp³-hybridized carbons (Fsp3) is 0.217. The van der Waals surface area contributed by atoms with Gasteiger partial charge >= 0.3 is 0 Å². The molecule has 0 bridgehead atoms. The second-order valence-electron chi connectivity index (χ2n) is 7.78. The number of thiocarbonyl (C=S) groups is 1. The van der Waals surface area contributed by atoms with Crippen molar-refractivity contribution in [2.75, 3.05) is 10.0 Å². The number of hydrogen-bond donors (Lipinski definition) is 4. The summed E-state index contributed by atoms with van der Waals surface area (Å²) < 4.78 is 33.1. The maximum atomic E-state index is 12.4. The molecule has 4 N–H and O–H groups in total. The van der Waals surface area contributed by atoms with Crippen LogP contribution in [0.5, 0.6) is 5.75 Å². The van der Waals surface area contributed by atoms with E-state index in [1.165, 1.54) is 37.4 Å². The van der Waals surface area contributed by atoms with E-state index in [0.29, 0.717) is 11.3 Å². The zero-order valence-corrected chi connectivity index (χ0v) is 20.2. The van der Waals surface area contributed by atoms with E-state index < -0.39 is 10.0 Å². The predicted molar refractivity (Wildman–Crippen MR) is 135 cm³/mol. The highest BCUT2D eigenvalue weighted by molar-refractivity contribution is 7.92. The molecule has 0 saturated heterocycles. The number of nitrogens with zero attached hydrogens (tertiary/aromatic N) is 2. The number of ether oxygens (including phenoxy) is 1. The largest absolute Gasteiger partial charge is 0.490 e. The smallest absolute Gasteiger partial charge is 0.269 e. The zero-order chi connectivity index (χ0) is 24.7. The van der Waals surface area contributed by atoms with E-state index >= 15 is 0 Å². The van der Waals surface area contributed by atoms with Crippen molar-refractivity contribution in [1.82, 2.24) is 20.8 Å². The molecule has 35 heavy (non-hydrogen) atoms. The highest BCUT2D eigenvalue weighted by atomic mass is 32.2. The van der Waals surface area contributed by atoms with Gasteiger partial charge in [0.25, 0.3) is 15.9 Å². The molecule has 1 fully saturated rings. The Morgan fingerprint density at radius 2 is 1.60 bits per heavy atom.